The fourth-order valence-corrected chi connectivity index (χ4v) is 11.1. The number of nitrogens with one attached hydrogen (secondary N) is 2. The second-order valence-electron chi connectivity index (χ2n) is 19.5. The molecule has 0 aliphatic carbocycles. The number of fused-ring (bicyclic) bond motifs is 1. The number of nitrogens with zero attached hydrogens (tertiary/aromatic N) is 9. The Labute approximate surface area is 402 Å². The highest BCUT2D eigenvalue weighted by Crippen LogP contribution is 2.41. The third-order valence-electron chi connectivity index (χ3n) is 14.5. The van der Waals surface area contributed by atoms with E-state index < -0.39 is 11.9 Å². The normalized spacial score (nSPS) is 19.8. The first kappa shape index (κ1) is 47.1. The molecule has 0 radical (unpaired) electrons. The van der Waals surface area contributed by atoms with Crippen molar-refractivity contribution in [3.63, 3.8) is 0 Å². The van der Waals surface area contributed by atoms with Gasteiger partial charge in [0, 0.05) is 99.3 Å². The number of aromatic nitrogens is 4. The highest BCUT2D eigenvalue weighted by molar-refractivity contribution is 7.99. The van der Waals surface area contributed by atoms with Gasteiger partial charge in [0.25, 0.3) is 11.8 Å². The molecule has 2 aromatic heterocycles. The van der Waals surface area contributed by atoms with Gasteiger partial charge in [-0.05, 0) is 99.0 Å². The van der Waals surface area contributed by atoms with Crippen LogP contribution in [0, 0.1) is 5.41 Å². The first-order valence-electron chi connectivity index (χ1n) is 24.1. The molecule has 4 saturated heterocycles. The summed E-state index contributed by atoms with van der Waals surface area (Å²) in [4.78, 5) is 83.8. The number of hydrogen-bond acceptors (Lipinski definition) is 14. The summed E-state index contributed by atoms with van der Waals surface area (Å²) in [5, 5.41) is 15.0. The Morgan fingerprint density at radius 1 is 0.897 bits per heavy atom. The molecule has 5 aliphatic heterocycles. The lowest BCUT2D eigenvalue weighted by atomic mass is 9.79. The van der Waals surface area contributed by atoms with Gasteiger partial charge in [0.15, 0.2) is 11.5 Å². The van der Waals surface area contributed by atoms with Gasteiger partial charge in [0.05, 0.1) is 12.4 Å². The van der Waals surface area contributed by atoms with E-state index in [1.54, 1.807) is 24.1 Å². The quantitative estimate of drug-likeness (QED) is 0.0914. The van der Waals surface area contributed by atoms with E-state index >= 15 is 0 Å². The van der Waals surface area contributed by atoms with E-state index in [2.05, 4.69) is 52.4 Å². The van der Waals surface area contributed by atoms with E-state index in [0.717, 1.165) is 136 Å². The SMILES string of the molecule is CCC1(N)CCN(c2cnc(Sc3cccc(NC(=O)CCCCCCN4CC5(CCN(c6ccc(C(=O)N(C)Cc7ccc8c(c7)CN(C7CCC(=O)NC7=O)C8=O)nn6)C5)C4)c3)cn2)CC1. The highest BCUT2D eigenvalue weighted by atomic mass is 32.2. The van der Waals surface area contributed by atoms with Crippen LogP contribution in [0.25, 0.3) is 0 Å². The third kappa shape index (κ3) is 10.8. The van der Waals surface area contributed by atoms with E-state index in [9.17, 15) is 24.0 Å². The van der Waals surface area contributed by atoms with Crippen LogP contribution in [0.1, 0.15) is 110 Å². The van der Waals surface area contributed by atoms with Crippen molar-refractivity contribution in [1.82, 2.24) is 40.2 Å². The summed E-state index contributed by atoms with van der Waals surface area (Å²) in [5.41, 5.74) is 9.88. The number of carbonyl (C=O) groups is 5. The summed E-state index contributed by atoms with van der Waals surface area (Å²) in [7, 11) is 1.71. The van der Waals surface area contributed by atoms with Crippen molar-refractivity contribution in [3.05, 3.63) is 89.4 Å². The Hall–Kier alpha value is -5.98. The molecule has 2 aromatic carbocycles. The Morgan fingerprint density at radius 2 is 1.71 bits per heavy atom. The fraction of sp³-hybridized carbons (Fsp3) is 0.500. The molecule has 1 atom stereocenters. The van der Waals surface area contributed by atoms with Crippen molar-refractivity contribution in [2.45, 2.75) is 112 Å². The zero-order valence-corrected chi connectivity index (χ0v) is 39.9. The van der Waals surface area contributed by atoms with Crippen LogP contribution in [0.2, 0.25) is 0 Å². The lowest BCUT2D eigenvalue weighted by Crippen LogP contribution is -2.57. The molecule has 5 amide bonds. The summed E-state index contributed by atoms with van der Waals surface area (Å²) in [6, 6.07) is 16.3. The van der Waals surface area contributed by atoms with Gasteiger partial charge >= 0.3 is 0 Å². The number of nitrogens with two attached hydrogens (primary N) is 1. The van der Waals surface area contributed by atoms with Crippen molar-refractivity contribution < 1.29 is 24.0 Å². The predicted molar refractivity (Wildman–Crippen MR) is 259 cm³/mol. The van der Waals surface area contributed by atoms with Gasteiger partial charge in [-0.2, -0.15) is 0 Å². The number of anilines is 3. The predicted octanol–water partition coefficient (Wildman–Crippen LogP) is 5.26. The molecule has 0 saturated carbocycles. The molecule has 0 bridgehead atoms. The minimum Gasteiger partial charge on any atom is -0.355 e. The maximum atomic E-state index is 13.4. The third-order valence-corrected chi connectivity index (χ3v) is 15.4. The minimum atomic E-state index is -0.674. The number of unbranched alkanes of at least 4 members (excludes halogenated alkanes) is 3. The molecular weight excluding hydrogens is 881 g/mol. The molecule has 1 unspecified atom stereocenters. The number of benzene rings is 2. The minimum absolute atomic E-state index is 0.0335. The van der Waals surface area contributed by atoms with Crippen LogP contribution in [0.4, 0.5) is 17.3 Å². The number of hydrogen-bond donors (Lipinski definition) is 3. The van der Waals surface area contributed by atoms with Crippen LogP contribution in [0.5, 0.6) is 0 Å². The van der Waals surface area contributed by atoms with E-state index in [1.807, 2.05) is 54.9 Å². The molecule has 5 aliphatic rings. The number of likely N-dealkylation sites (tertiary alicyclic amines) is 1. The second-order valence-corrected chi connectivity index (χ2v) is 20.6. The van der Waals surface area contributed by atoms with E-state index in [4.69, 9.17) is 5.73 Å². The smallest absolute Gasteiger partial charge is 0.274 e. The average Bonchev–Trinajstić information content (AvgIpc) is 3.92. The number of rotatable bonds is 17. The maximum Gasteiger partial charge on any atom is 0.274 e. The zero-order valence-electron chi connectivity index (χ0n) is 39.1. The molecular formula is C50H62N12O5S. The van der Waals surface area contributed by atoms with Gasteiger partial charge in [-0.3, -0.25) is 29.3 Å². The second kappa shape index (κ2) is 20.3. The van der Waals surface area contributed by atoms with Crippen molar-refractivity contribution in [1.29, 1.82) is 0 Å². The van der Waals surface area contributed by atoms with Crippen LogP contribution < -0.4 is 26.2 Å². The number of carbonyl (C=O) groups excluding carboxylic acids is 5. The topological polar surface area (TPSA) is 203 Å². The number of piperidine rings is 2. The summed E-state index contributed by atoms with van der Waals surface area (Å²) >= 11 is 1.53. The summed E-state index contributed by atoms with van der Waals surface area (Å²) in [6.45, 7) is 9.54. The van der Waals surface area contributed by atoms with Crippen LogP contribution in [-0.2, 0) is 27.5 Å². The van der Waals surface area contributed by atoms with Gasteiger partial charge in [-0.25, -0.2) is 9.97 Å². The summed E-state index contributed by atoms with van der Waals surface area (Å²) in [6.07, 6.45) is 12.7. The summed E-state index contributed by atoms with van der Waals surface area (Å²) < 4.78 is 0. The van der Waals surface area contributed by atoms with Gasteiger partial charge in [0.2, 0.25) is 17.7 Å². The first-order valence-corrected chi connectivity index (χ1v) is 24.9. The molecule has 17 nitrogen and oxygen atoms in total. The highest BCUT2D eigenvalue weighted by Gasteiger charge is 2.47. The molecule has 7 heterocycles. The van der Waals surface area contributed by atoms with Crippen LogP contribution in [-0.4, -0.2) is 129 Å². The Balaban J connectivity index is 0.643. The largest absolute Gasteiger partial charge is 0.355 e. The van der Waals surface area contributed by atoms with Gasteiger partial charge < -0.3 is 35.6 Å². The molecule has 4 aromatic rings. The van der Waals surface area contributed by atoms with E-state index in [1.165, 1.54) is 16.7 Å². The summed E-state index contributed by atoms with van der Waals surface area (Å²) in [5.74, 6) is 0.454. The van der Waals surface area contributed by atoms with Gasteiger partial charge in [0.1, 0.15) is 16.9 Å². The molecule has 4 fully saturated rings. The molecule has 1 spiro atoms. The van der Waals surface area contributed by atoms with Gasteiger partial charge in [-0.15, -0.1) is 10.2 Å². The van der Waals surface area contributed by atoms with Crippen LogP contribution >= 0.6 is 11.8 Å². The molecule has 18 heteroatoms. The van der Waals surface area contributed by atoms with Crippen molar-refractivity contribution >= 4 is 58.6 Å². The zero-order chi connectivity index (χ0) is 47.4. The van der Waals surface area contributed by atoms with Crippen LogP contribution in [0.3, 0.4) is 0 Å². The molecule has 9 rings (SSSR count). The monoisotopic (exact) mass is 942 g/mol. The average molecular weight is 943 g/mol. The Bertz CT molecular complexity index is 2510. The standard InChI is InChI=1S/C50H62N12O5S/c1-3-50(51)19-23-60(24-20-50)42-27-53-45(28-52-42)68-37-10-8-9-36(26-37)54-43(63)11-6-4-5-7-21-59-31-49(32-59)18-22-61(33-49)41-16-14-39(56-57-41)48(67)58(2)29-34-12-13-38-35(25-34)30-62(47(38)66)40-15-17-44(64)55-46(40)65/h8-10,12-14,16,25-28,40H,3-7,11,15,17-24,29-33,51H2,1-2H3,(H,54,63)(H,55,64,65). The lowest BCUT2D eigenvalue weighted by Gasteiger charge is -2.48. The Kier molecular flexibility index (Phi) is 14.1. The van der Waals surface area contributed by atoms with Crippen molar-refractivity contribution in [3.8, 4) is 0 Å². The van der Waals surface area contributed by atoms with Gasteiger partial charge in [-0.1, -0.05) is 49.7 Å². The Morgan fingerprint density at radius 3 is 2.46 bits per heavy atom. The van der Waals surface area contributed by atoms with E-state index in [0.29, 0.717) is 24.9 Å². The first-order chi connectivity index (χ1) is 32.8. The number of amides is 5. The van der Waals surface area contributed by atoms with Crippen molar-refractivity contribution in [2.24, 2.45) is 11.1 Å². The van der Waals surface area contributed by atoms with Crippen LogP contribution in [0.15, 0.2) is 76.9 Å². The molecule has 68 heavy (non-hydrogen) atoms. The van der Waals surface area contributed by atoms with Crippen molar-refractivity contribution in [2.75, 3.05) is 68.0 Å². The maximum absolute atomic E-state index is 13.4. The fourth-order valence-electron chi connectivity index (χ4n) is 10.3. The molecule has 4 N–H and O–H groups in total. The lowest BCUT2D eigenvalue weighted by molar-refractivity contribution is -0.137. The molecule has 358 valence electrons. The number of imide groups is 1. The van der Waals surface area contributed by atoms with E-state index in [-0.39, 0.29) is 53.2 Å².